The Labute approximate surface area is 119 Å². The lowest BCUT2D eigenvalue weighted by Crippen LogP contribution is -2.34. The van der Waals surface area contributed by atoms with Crippen LogP contribution in [0.3, 0.4) is 0 Å². The second-order valence-electron chi connectivity index (χ2n) is 5.03. The summed E-state index contributed by atoms with van der Waals surface area (Å²) in [5.41, 5.74) is 0.922. The summed E-state index contributed by atoms with van der Waals surface area (Å²) in [6.07, 6.45) is 0.897. The molecule has 1 aromatic carbocycles. The lowest BCUT2D eigenvalue weighted by molar-refractivity contribution is -0.125. The Kier molecular flexibility index (Phi) is 4.84. The normalized spacial score (nSPS) is 19.4. The topological polar surface area (TPSA) is 59.6 Å². The molecule has 1 aromatic rings. The average molecular weight is 278 g/mol. The molecule has 1 heterocycles. The molecule has 0 saturated carbocycles. The summed E-state index contributed by atoms with van der Waals surface area (Å²) in [6, 6.07) is 5.48. The number of ether oxygens (including phenoxy) is 2. The second kappa shape index (κ2) is 6.61. The van der Waals surface area contributed by atoms with E-state index in [4.69, 9.17) is 9.47 Å². The van der Waals surface area contributed by atoms with E-state index in [-0.39, 0.29) is 17.9 Å². The molecule has 0 bridgehead atoms. The number of benzene rings is 1. The van der Waals surface area contributed by atoms with E-state index in [2.05, 4.69) is 10.6 Å². The third-order valence-electron chi connectivity index (χ3n) is 3.69. The van der Waals surface area contributed by atoms with Crippen LogP contribution in [0.25, 0.3) is 0 Å². The quantitative estimate of drug-likeness (QED) is 0.857. The molecule has 2 rings (SSSR count). The summed E-state index contributed by atoms with van der Waals surface area (Å²) < 4.78 is 10.6. The van der Waals surface area contributed by atoms with E-state index in [1.54, 1.807) is 14.2 Å². The zero-order chi connectivity index (χ0) is 14.5. The van der Waals surface area contributed by atoms with Crippen molar-refractivity contribution < 1.29 is 14.3 Å². The molecular weight excluding hydrogens is 256 g/mol. The largest absolute Gasteiger partial charge is 0.497 e. The van der Waals surface area contributed by atoms with E-state index in [1.165, 1.54) is 0 Å². The molecule has 2 atom stereocenters. The van der Waals surface area contributed by atoms with Crippen molar-refractivity contribution in [2.24, 2.45) is 5.92 Å². The monoisotopic (exact) mass is 278 g/mol. The van der Waals surface area contributed by atoms with Gasteiger partial charge in [-0.1, -0.05) is 0 Å². The maximum atomic E-state index is 12.2. The molecule has 1 aliphatic heterocycles. The fourth-order valence-electron chi connectivity index (χ4n) is 2.47. The fourth-order valence-corrected chi connectivity index (χ4v) is 2.47. The Morgan fingerprint density at radius 1 is 1.40 bits per heavy atom. The Morgan fingerprint density at radius 3 is 2.80 bits per heavy atom. The first-order valence-electron chi connectivity index (χ1n) is 6.88. The maximum Gasteiger partial charge on any atom is 0.224 e. The van der Waals surface area contributed by atoms with Crippen LogP contribution in [0.1, 0.15) is 24.9 Å². The van der Waals surface area contributed by atoms with Crippen molar-refractivity contribution in [3.63, 3.8) is 0 Å². The number of rotatable bonds is 5. The van der Waals surface area contributed by atoms with Crippen molar-refractivity contribution >= 4 is 5.91 Å². The first-order chi connectivity index (χ1) is 9.65. The molecule has 5 nitrogen and oxygen atoms in total. The van der Waals surface area contributed by atoms with Crippen molar-refractivity contribution in [2.75, 3.05) is 27.3 Å². The van der Waals surface area contributed by atoms with Crippen LogP contribution in [0.4, 0.5) is 0 Å². The summed E-state index contributed by atoms with van der Waals surface area (Å²) >= 11 is 0. The van der Waals surface area contributed by atoms with Crippen LogP contribution in [-0.2, 0) is 4.79 Å². The van der Waals surface area contributed by atoms with Crippen LogP contribution in [0, 0.1) is 5.92 Å². The molecule has 5 heteroatoms. The van der Waals surface area contributed by atoms with Crippen LogP contribution >= 0.6 is 0 Å². The zero-order valence-corrected chi connectivity index (χ0v) is 12.2. The zero-order valence-electron chi connectivity index (χ0n) is 12.2. The summed E-state index contributed by atoms with van der Waals surface area (Å²) in [4.78, 5) is 12.2. The SMILES string of the molecule is COc1ccc(OC)c(C(C)NC(=O)C2CCNC2)c1. The third-order valence-corrected chi connectivity index (χ3v) is 3.69. The van der Waals surface area contributed by atoms with Gasteiger partial charge < -0.3 is 20.1 Å². The van der Waals surface area contributed by atoms with E-state index in [1.807, 2.05) is 25.1 Å². The molecule has 1 fully saturated rings. The predicted octanol–water partition coefficient (Wildman–Crippen LogP) is 1.49. The van der Waals surface area contributed by atoms with Gasteiger partial charge in [0.2, 0.25) is 5.91 Å². The van der Waals surface area contributed by atoms with Gasteiger partial charge in [-0.25, -0.2) is 0 Å². The van der Waals surface area contributed by atoms with Crippen molar-refractivity contribution in [3.05, 3.63) is 23.8 Å². The molecule has 0 aliphatic carbocycles. The molecule has 1 saturated heterocycles. The van der Waals surface area contributed by atoms with Gasteiger partial charge in [0.15, 0.2) is 0 Å². The van der Waals surface area contributed by atoms with Crippen molar-refractivity contribution in [1.29, 1.82) is 0 Å². The van der Waals surface area contributed by atoms with Crippen LogP contribution < -0.4 is 20.1 Å². The van der Waals surface area contributed by atoms with Crippen LogP contribution in [0.5, 0.6) is 11.5 Å². The summed E-state index contributed by atoms with van der Waals surface area (Å²) in [6.45, 7) is 3.63. The van der Waals surface area contributed by atoms with Gasteiger partial charge in [0.25, 0.3) is 0 Å². The molecule has 2 unspecified atom stereocenters. The lowest BCUT2D eigenvalue weighted by atomic mass is 10.0. The highest BCUT2D eigenvalue weighted by Gasteiger charge is 2.24. The summed E-state index contributed by atoms with van der Waals surface area (Å²) in [5, 5.41) is 6.25. The molecule has 0 aromatic heterocycles. The van der Waals surface area contributed by atoms with Crippen LogP contribution in [-0.4, -0.2) is 33.2 Å². The molecule has 0 spiro atoms. The highest BCUT2D eigenvalue weighted by molar-refractivity contribution is 5.79. The van der Waals surface area contributed by atoms with Gasteiger partial charge in [0.05, 0.1) is 26.2 Å². The van der Waals surface area contributed by atoms with Crippen LogP contribution in [0.2, 0.25) is 0 Å². The smallest absolute Gasteiger partial charge is 0.224 e. The van der Waals surface area contributed by atoms with E-state index >= 15 is 0 Å². The van der Waals surface area contributed by atoms with Crippen molar-refractivity contribution in [3.8, 4) is 11.5 Å². The number of carbonyl (C=O) groups excluding carboxylic acids is 1. The molecule has 110 valence electrons. The number of amides is 1. The number of nitrogens with one attached hydrogen (secondary N) is 2. The Balaban J connectivity index is 2.10. The molecule has 0 radical (unpaired) electrons. The molecule has 1 aliphatic rings. The number of hydrogen-bond donors (Lipinski definition) is 2. The summed E-state index contributed by atoms with van der Waals surface area (Å²) in [7, 11) is 3.25. The molecule has 20 heavy (non-hydrogen) atoms. The van der Waals surface area contributed by atoms with Gasteiger partial charge in [-0.15, -0.1) is 0 Å². The second-order valence-corrected chi connectivity index (χ2v) is 5.03. The van der Waals surface area contributed by atoms with E-state index in [0.717, 1.165) is 36.6 Å². The lowest BCUT2D eigenvalue weighted by Gasteiger charge is -2.20. The maximum absolute atomic E-state index is 12.2. The van der Waals surface area contributed by atoms with E-state index < -0.39 is 0 Å². The molecular formula is C15H22N2O3. The highest BCUT2D eigenvalue weighted by Crippen LogP contribution is 2.29. The molecule has 1 amide bonds. The Hall–Kier alpha value is -1.75. The van der Waals surface area contributed by atoms with Gasteiger partial charge in [0.1, 0.15) is 11.5 Å². The minimum absolute atomic E-state index is 0.0639. The average Bonchev–Trinajstić information content (AvgIpc) is 3.00. The third kappa shape index (κ3) is 3.22. The Morgan fingerprint density at radius 2 is 2.20 bits per heavy atom. The van der Waals surface area contributed by atoms with Gasteiger partial charge in [-0.2, -0.15) is 0 Å². The van der Waals surface area contributed by atoms with Gasteiger partial charge in [-0.05, 0) is 38.1 Å². The number of methoxy groups -OCH3 is 2. The number of hydrogen-bond acceptors (Lipinski definition) is 4. The minimum atomic E-state index is -0.117. The first kappa shape index (κ1) is 14.7. The number of carbonyl (C=O) groups is 1. The standard InChI is InChI=1S/C15H22N2O3/c1-10(17-15(18)11-6-7-16-9-11)13-8-12(19-2)4-5-14(13)20-3/h4-5,8,10-11,16H,6-7,9H2,1-3H3,(H,17,18). The van der Waals surface area contributed by atoms with E-state index in [0.29, 0.717) is 0 Å². The van der Waals surface area contributed by atoms with Gasteiger partial charge in [-0.3, -0.25) is 4.79 Å². The minimum Gasteiger partial charge on any atom is -0.497 e. The van der Waals surface area contributed by atoms with E-state index in [9.17, 15) is 4.79 Å². The van der Waals surface area contributed by atoms with Crippen molar-refractivity contribution in [2.45, 2.75) is 19.4 Å². The van der Waals surface area contributed by atoms with Gasteiger partial charge >= 0.3 is 0 Å². The molecule has 2 N–H and O–H groups in total. The van der Waals surface area contributed by atoms with Gasteiger partial charge in [0, 0.05) is 12.1 Å². The Bertz CT molecular complexity index is 470. The first-order valence-corrected chi connectivity index (χ1v) is 6.88. The highest BCUT2D eigenvalue weighted by atomic mass is 16.5. The van der Waals surface area contributed by atoms with Crippen LogP contribution in [0.15, 0.2) is 18.2 Å². The predicted molar refractivity (Wildman–Crippen MR) is 77.1 cm³/mol. The fraction of sp³-hybridized carbons (Fsp3) is 0.533. The van der Waals surface area contributed by atoms with Crippen molar-refractivity contribution in [1.82, 2.24) is 10.6 Å². The summed E-state index contributed by atoms with van der Waals surface area (Å²) in [5.74, 6) is 1.66.